The van der Waals surface area contributed by atoms with Crippen LogP contribution in [0.3, 0.4) is 0 Å². The van der Waals surface area contributed by atoms with Gasteiger partial charge in [0.1, 0.15) is 11.3 Å². The van der Waals surface area contributed by atoms with E-state index in [-0.39, 0.29) is 29.7 Å². The molecular weight excluding hydrogens is 310 g/mol. The van der Waals surface area contributed by atoms with Crippen LogP contribution in [0.25, 0.3) is 0 Å². The van der Waals surface area contributed by atoms with Crippen LogP contribution in [-0.4, -0.2) is 31.0 Å². The summed E-state index contributed by atoms with van der Waals surface area (Å²) in [7, 11) is 0. The van der Waals surface area contributed by atoms with Crippen molar-refractivity contribution in [2.45, 2.75) is 39.0 Å². The maximum Gasteiger partial charge on any atom is 0.341 e. The first-order valence-electron chi connectivity index (χ1n) is 8.06. The van der Waals surface area contributed by atoms with E-state index in [4.69, 9.17) is 20.9 Å². The molecule has 0 aromatic heterocycles. The van der Waals surface area contributed by atoms with Crippen LogP contribution in [0.1, 0.15) is 49.4 Å². The monoisotopic (exact) mass is 335 g/mol. The number of rotatable bonds is 10. The van der Waals surface area contributed by atoms with Crippen LogP contribution in [0.15, 0.2) is 29.3 Å². The molecule has 0 saturated heterocycles. The number of unbranched alkanes of at least 4 members (excludes halogenated alkanes) is 2. The summed E-state index contributed by atoms with van der Waals surface area (Å²) in [5, 5.41) is 0. The molecule has 0 spiro atoms. The van der Waals surface area contributed by atoms with Gasteiger partial charge in [0.25, 0.3) is 0 Å². The van der Waals surface area contributed by atoms with Gasteiger partial charge in [-0.05, 0) is 31.4 Å². The first-order chi connectivity index (χ1) is 11.5. The Kier molecular flexibility index (Phi) is 8.96. The number of nitrogens with zero attached hydrogens (tertiary/aromatic N) is 1. The van der Waals surface area contributed by atoms with Gasteiger partial charge in [-0.2, -0.15) is 0 Å². The van der Waals surface area contributed by atoms with Crippen molar-refractivity contribution in [3.63, 3.8) is 0 Å². The fourth-order valence-corrected chi connectivity index (χ4v) is 1.94. The predicted octanol–water partition coefficient (Wildman–Crippen LogP) is 1.99. The van der Waals surface area contributed by atoms with E-state index in [0.717, 1.165) is 19.3 Å². The van der Waals surface area contributed by atoms with Gasteiger partial charge in [0.15, 0.2) is 5.96 Å². The molecule has 7 nitrogen and oxygen atoms in total. The van der Waals surface area contributed by atoms with Gasteiger partial charge in [0.2, 0.25) is 0 Å². The quantitative estimate of drug-likeness (QED) is 0.222. The summed E-state index contributed by atoms with van der Waals surface area (Å²) in [6, 6.07) is 6.56. The zero-order chi connectivity index (χ0) is 17.8. The summed E-state index contributed by atoms with van der Waals surface area (Å²) >= 11 is 0. The smallest absolute Gasteiger partial charge is 0.341 e. The molecule has 0 saturated carbocycles. The molecule has 0 bridgehead atoms. The number of guanidine groups is 1. The van der Waals surface area contributed by atoms with Gasteiger partial charge in [-0.1, -0.05) is 25.5 Å². The molecule has 7 heteroatoms. The van der Waals surface area contributed by atoms with E-state index in [1.54, 1.807) is 24.3 Å². The van der Waals surface area contributed by atoms with Crippen molar-refractivity contribution >= 4 is 17.9 Å². The summed E-state index contributed by atoms with van der Waals surface area (Å²) in [4.78, 5) is 27.7. The Bertz CT molecular complexity index is 569. The number of hydrogen-bond acceptors (Lipinski definition) is 5. The minimum atomic E-state index is -0.488. The molecule has 0 amide bonds. The number of carbonyl (C=O) groups is 2. The van der Waals surface area contributed by atoms with Crippen molar-refractivity contribution in [2.75, 3.05) is 13.2 Å². The molecular formula is C17H25N3O4. The zero-order valence-corrected chi connectivity index (χ0v) is 14.0. The molecule has 0 aliphatic heterocycles. The summed E-state index contributed by atoms with van der Waals surface area (Å²) in [5.74, 6) is -0.574. The second kappa shape index (κ2) is 11.0. The van der Waals surface area contributed by atoms with Gasteiger partial charge in [-0.15, -0.1) is 0 Å². The highest BCUT2D eigenvalue weighted by molar-refractivity contribution is 5.93. The van der Waals surface area contributed by atoms with Crippen molar-refractivity contribution in [3.8, 4) is 5.75 Å². The van der Waals surface area contributed by atoms with Gasteiger partial charge in [0.05, 0.1) is 6.61 Å². The highest BCUT2D eigenvalue weighted by Crippen LogP contribution is 2.20. The SMILES string of the molecule is CCCOC(=O)c1ccccc1OC(=O)CCCCCN=C(N)N. The lowest BCUT2D eigenvalue weighted by atomic mass is 10.2. The number of ether oxygens (including phenoxy) is 2. The Morgan fingerprint density at radius 2 is 1.88 bits per heavy atom. The average molecular weight is 335 g/mol. The predicted molar refractivity (Wildman–Crippen MR) is 91.8 cm³/mol. The molecule has 0 heterocycles. The van der Waals surface area contributed by atoms with Crippen molar-refractivity contribution in [1.29, 1.82) is 0 Å². The van der Waals surface area contributed by atoms with Crippen molar-refractivity contribution < 1.29 is 19.1 Å². The average Bonchev–Trinajstić information content (AvgIpc) is 2.56. The summed E-state index contributed by atoms with van der Waals surface area (Å²) in [6.07, 6.45) is 3.27. The van der Waals surface area contributed by atoms with Crippen molar-refractivity contribution in [2.24, 2.45) is 16.5 Å². The lowest BCUT2D eigenvalue weighted by Gasteiger charge is -2.09. The van der Waals surface area contributed by atoms with E-state index in [9.17, 15) is 9.59 Å². The number of para-hydroxylation sites is 1. The minimum absolute atomic E-state index is 0.0703. The van der Waals surface area contributed by atoms with E-state index in [1.165, 1.54) is 0 Å². The molecule has 0 aliphatic rings. The highest BCUT2D eigenvalue weighted by atomic mass is 16.5. The van der Waals surface area contributed by atoms with Gasteiger partial charge >= 0.3 is 11.9 Å². The van der Waals surface area contributed by atoms with E-state index in [1.807, 2.05) is 6.92 Å². The fourth-order valence-electron chi connectivity index (χ4n) is 1.94. The van der Waals surface area contributed by atoms with E-state index in [2.05, 4.69) is 4.99 Å². The number of benzene rings is 1. The van der Waals surface area contributed by atoms with Crippen LogP contribution in [0, 0.1) is 0 Å². The third-order valence-electron chi connectivity index (χ3n) is 3.10. The molecule has 0 atom stereocenters. The van der Waals surface area contributed by atoms with Gasteiger partial charge < -0.3 is 20.9 Å². The summed E-state index contributed by atoms with van der Waals surface area (Å²) in [6.45, 7) is 2.78. The maximum absolute atomic E-state index is 11.9. The fraction of sp³-hybridized carbons (Fsp3) is 0.471. The Morgan fingerprint density at radius 1 is 1.12 bits per heavy atom. The second-order valence-electron chi connectivity index (χ2n) is 5.22. The van der Waals surface area contributed by atoms with Crippen molar-refractivity contribution in [1.82, 2.24) is 0 Å². The molecule has 1 rings (SSSR count). The normalized spacial score (nSPS) is 10.0. The third kappa shape index (κ3) is 7.62. The second-order valence-corrected chi connectivity index (χ2v) is 5.22. The van der Waals surface area contributed by atoms with Crippen molar-refractivity contribution in [3.05, 3.63) is 29.8 Å². The molecule has 0 unspecified atom stereocenters. The molecule has 4 N–H and O–H groups in total. The number of esters is 2. The lowest BCUT2D eigenvalue weighted by molar-refractivity contribution is -0.134. The molecule has 1 aromatic rings. The summed E-state index contributed by atoms with van der Waals surface area (Å²) in [5.41, 5.74) is 10.7. The number of carbonyl (C=O) groups excluding carboxylic acids is 2. The first kappa shape index (κ1) is 19.5. The minimum Gasteiger partial charge on any atom is -0.462 e. The van der Waals surface area contributed by atoms with Crippen LogP contribution in [0.2, 0.25) is 0 Å². The molecule has 24 heavy (non-hydrogen) atoms. The Balaban J connectivity index is 2.44. The Morgan fingerprint density at radius 3 is 2.58 bits per heavy atom. The first-order valence-corrected chi connectivity index (χ1v) is 8.06. The van der Waals surface area contributed by atoms with E-state index >= 15 is 0 Å². The van der Waals surface area contributed by atoms with Crippen LogP contribution < -0.4 is 16.2 Å². The van der Waals surface area contributed by atoms with Crippen LogP contribution in [0.5, 0.6) is 5.75 Å². The number of nitrogens with two attached hydrogens (primary N) is 2. The van der Waals surface area contributed by atoms with E-state index in [0.29, 0.717) is 19.6 Å². The van der Waals surface area contributed by atoms with Gasteiger partial charge in [-0.3, -0.25) is 9.79 Å². The third-order valence-corrected chi connectivity index (χ3v) is 3.10. The van der Waals surface area contributed by atoms with E-state index < -0.39 is 5.97 Å². The maximum atomic E-state index is 11.9. The van der Waals surface area contributed by atoms with Crippen LogP contribution in [0.4, 0.5) is 0 Å². The highest BCUT2D eigenvalue weighted by Gasteiger charge is 2.15. The number of aliphatic imine (C=N–C) groups is 1. The molecule has 0 fully saturated rings. The topological polar surface area (TPSA) is 117 Å². The van der Waals surface area contributed by atoms with Crippen LogP contribution in [-0.2, 0) is 9.53 Å². The summed E-state index contributed by atoms with van der Waals surface area (Å²) < 4.78 is 10.4. The molecule has 0 aliphatic carbocycles. The molecule has 132 valence electrons. The van der Waals surface area contributed by atoms with Gasteiger partial charge in [0, 0.05) is 13.0 Å². The Hall–Kier alpha value is -2.57. The van der Waals surface area contributed by atoms with Crippen LogP contribution >= 0.6 is 0 Å². The molecule has 1 aromatic carbocycles. The van der Waals surface area contributed by atoms with Gasteiger partial charge in [-0.25, -0.2) is 4.79 Å². The largest absolute Gasteiger partial charge is 0.462 e. The standard InChI is InChI=1S/C17H25N3O4/c1-2-12-23-16(22)13-8-5-6-9-14(13)24-15(21)10-4-3-7-11-20-17(18)19/h5-6,8-9H,2-4,7,10-12H2,1H3,(H4,18,19,20). The number of hydrogen-bond donors (Lipinski definition) is 2. The Labute approximate surface area is 142 Å². The molecule has 0 radical (unpaired) electrons. The lowest BCUT2D eigenvalue weighted by Crippen LogP contribution is -2.22. The zero-order valence-electron chi connectivity index (χ0n) is 14.0.